The number of carbonyl (C=O) groups is 1. The number of hydrogen-bond donors (Lipinski definition) is 3. The number of ether oxygens (including phenoxy) is 4. The first-order valence-electron chi connectivity index (χ1n) is 13.9. The van der Waals surface area contributed by atoms with Gasteiger partial charge in [-0.3, -0.25) is 0 Å². The highest BCUT2D eigenvalue weighted by Gasteiger charge is 2.71. The number of methoxy groups -OCH3 is 1. The van der Waals surface area contributed by atoms with Gasteiger partial charge in [-0.1, -0.05) is 44.7 Å². The molecule has 8 heteroatoms. The predicted octanol–water partition coefficient (Wildman–Crippen LogP) is 2.83. The molecule has 0 aromatic carbocycles. The van der Waals surface area contributed by atoms with E-state index in [4.69, 9.17) is 18.9 Å². The largest absolute Gasteiger partial charge is 0.489 e. The van der Waals surface area contributed by atoms with Crippen LogP contribution in [0.25, 0.3) is 0 Å². The second-order valence-electron chi connectivity index (χ2n) is 12.0. The summed E-state index contributed by atoms with van der Waals surface area (Å²) in [6.45, 7) is 11.6. The first kappa shape index (κ1) is 27.6. The number of esters is 1. The Balaban J connectivity index is 1.59. The van der Waals surface area contributed by atoms with E-state index in [1.165, 1.54) is 0 Å². The molecule has 13 atom stereocenters. The van der Waals surface area contributed by atoms with E-state index in [9.17, 15) is 20.1 Å². The summed E-state index contributed by atoms with van der Waals surface area (Å²) in [5.74, 6) is -1.46. The van der Waals surface area contributed by atoms with Gasteiger partial charge in [-0.2, -0.15) is 0 Å². The Morgan fingerprint density at radius 2 is 2.00 bits per heavy atom. The average molecular weight is 531 g/mol. The van der Waals surface area contributed by atoms with Gasteiger partial charge in [-0.15, -0.1) is 0 Å². The van der Waals surface area contributed by atoms with Crippen LogP contribution in [-0.2, 0) is 23.7 Å². The van der Waals surface area contributed by atoms with Crippen LogP contribution in [0.15, 0.2) is 47.8 Å². The number of carbonyl (C=O) groups excluding carboxylic acids is 1. The zero-order valence-electron chi connectivity index (χ0n) is 22.9. The fourth-order valence-electron chi connectivity index (χ4n) is 7.95. The van der Waals surface area contributed by atoms with Gasteiger partial charge in [-0.05, 0) is 44.6 Å². The molecule has 3 aliphatic carbocycles. The molecule has 3 fully saturated rings. The second-order valence-corrected chi connectivity index (χ2v) is 12.0. The Kier molecular flexibility index (Phi) is 7.41. The molecule has 1 spiro atoms. The number of aliphatic hydroxyl groups excluding tert-OH is 3. The molecule has 0 radical (unpaired) electrons. The van der Waals surface area contributed by atoms with E-state index in [2.05, 4.69) is 6.58 Å². The quantitative estimate of drug-likeness (QED) is 0.376. The van der Waals surface area contributed by atoms with Crippen LogP contribution in [-0.4, -0.2) is 76.7 Å². The number of hydrogen-bond acceptors (Lipinski definition) is 8. The molecule has 5 rings (SSSR count). The summed E-state index contributed by atoms with van der Waals surface area (Å²) in [4.78, 5) is 13.0. The zero-order chi connectivity index (χ0) is 27.5. The van der Waals surface area contributed by atoms with E-state index in [1.807, 2.05) is 39.0 Å². The molecular formula is C30H42O8. The second kappa shape index (κ2) is 10.2. The van der Waals surface area contributed by atoms with Crippen LogP contribution in [0.5, 0.6) is 0 Å². The molecular weight excluding hydrogens is 488 g/mol. The normalized spacial score (nSPS) is 48.3. The predicted molar refractivity (Wildman–Crippen MR) is 140 cm³/mol. The van der Waals surface area contributed by atoms with Gasteiger partial charge < -0.3 is 34.3 Å². The van der Waals surface area contributed by atoms with Crippen LogP contribution in [0.2, 0.25) is 0 Å². The highest BCUT2D eigenvalue weighted by atomic mass is 16.6. The van der Waals surface area contributed by atoms with Crippen LogP contribution in [0.4, 0.5) is 0 Å². The molecule has 5 aliphatic rings. The van der Waals surface area contributed by atoms with Crippen molar-refractivity contribution in [2.24, 2.45) is 29.6 Å². The smallest absolute Gasteiger partial charge is 0.334 e. The minimum atomic E-state index is -0.998. The van der Waals surface area contributed by atoms with E-state index in [0.29, 0.717) is 30.6 Å². The van der Waals surface area contributed by atoms with Crippen molar-refractivity contribution in [3.05, 3.63) is 47.8 Å². The van der Waals surface area contributed by atoms with Crippen LogP contribution >= 0.6 is 0 Å². The lowest BCUT2D eigenvalue weighted by atomic mass is 9.54. The summed E-state index contributed by atoms with van der Waals surface area (Å²) in [6, 6.07) is 0. The molecule has 210 valence electrons. The van der Waals surface area contributed by atoms with Crippen LogP contribution in [0.1, 0.15) is 47.0 Å². The summed E-state index contributed by atoms with van der Waals surface area (Å²) < 4.78 is 25.0. The molecule has 2 aliphatic heterocycles. The summed E-state index contributed by atoms with van der Waals surface area (Å²) in [5.41, 5.74) is 0.464. The number of aliphatic hydroxyl groups is 3. The maximum absolute atomic E-state index is 13.0. The SMILES string of the molecule is C=C1O[C@H]([C@@H](C)O)[C@H](C)/C=C(\C)[C@]23O[C@@H]4[C@H](C[C@H](O)[C@@H]2C[C@@H]1OC)[C@H]3[C@H](O)[C@@H](C)[C@H]4OC(=O)C1=CC=CC1. The first-order chi connectivity index (χ1) is 18.0. The maximum atomic E-state index is 13.0. The minimum Gasteiger partial charge on any atom is -0.489 e. The van der Waals surface area contributed by atoms with Gasteiger partial charge in [0, 0.05) is 36.4 Å². The van der Waals surface area contributed by atoms with Crippen LogP contribution in [0, 0.1) is 29.6 Å². The lowest BCUT2D eigenvalue weighted by Gasteiger charge is -2.53. The van der Waals surface area contributed by atoms with Crippen molar-refractivity contribution in [3.63, 3.8) is 0 Å². The standard InChI is InChI=1S/C30H42O8/c1-14-11-15(2)30-21(13-23(35-6)18(5)36-26(14)17(4)31)22(32)12-20-24(30)25(33)16(3)27(28(20)38-30)37-29(34)19-9-7-8-10-19/h7-9,11,14,16-17,20-28,31-33H,5,10,12-13H2,1-4,6H3/b15-11+/t14-,16-,17-,20-,21+,22+,23+,24+,25-,26+,27-,28-,30+/m1/s1. The van der Waals surface area contributed by atoms with E-state index >= 15 is 0 Å². The molecule has 2 heterocycles. The van der Waals surface area contributed by atoms with Crippen molar-refractivity contribution in [2.75, 3.05) is 7.11 Å². The third kappa shape index (κ3) is 4.20. The van der Waals surface area contributed by atoms with Crippen LogP contribution < -0.4 is 0 Å². The Bertz CT molecular complexity index is 1040. The van der Waals surface area contributed by atoms with Crippen molar-refractivity contribution in [1.82, 2.24) is 0 Å². The summed E-state index contributed by atoms with van der Waals surface area (Å²) in [5, 5.41) is 33.9. The monoisotopic (exact) mass is 530 g/mol. The molecule has 38 heavy (non-hydrogen) atoms. The van der Waals surface area contributed by atoms with Gasteiger partial charge >= 0.3 is 5.97 Å². The van der Waals surface area contributed by atoms with Gasteiger partial charge in [0.2, 0.25) is 0 Å². The summed E-state index contributed by atoms with van der Waals surface area (Å²) in [7, 11) is 1.58. The number of allylic oxidation sites excluding steroid dienone is 3. The molecule has 4 bridgehead atoms. The molecule has 0 aromatic heterocycles. The third-order valence-corrected chi connectivity index (χ3v) is 9.79. The van der Waals surface area contributed by atoms with Crippen molar-refractivity contribution in [1.29, 1.82) is 0 Å². The van der Waals surface area contributed by atoms with Crippen molar-refractivity contribution >= 4 is 5.97 Å². The Morgan fingerprint density at radius 1 is 1.26 bits per heavy atom. The maximum Gasteiger partial charge on any atom is 0.334 e. The van der Waals surface area contributed by atoms with Crippen molar-refractivity contribution in [3.8, 4) is 0 Å². The fraction of sp³-hybridized carbons (Fsp3) is 0.700. The molecule has 0 amide bonds. The highest BCUT2D eigenvalue weighted by molar-refractivity contribution is 5.90. The molecule has 2 saturated carbocycles. The first-order valence-corrected chi connectivity index (χ1v) is 13.9. The number of rotatable bonds is 4. The summed E-state index contributed by atoms with van der Waals surface area (Å²) in [6.07, 6.45) is 4.34. The molecule has 1 saturated heterocycles. The molecule has 0 unspecified atom stereocenters. The molecule has 3 N–H and O–H groups in total. The van der Waals surface area contributed by atoms with Gasteiger partial charge in [0.25, 0.3) is 0 Å². The van der Waals surface area contributed by atoms with Gasteiger partial charge in [0.1, 0.15) is 29.7 Å². The van der Waals surface area contributed by atoms with Gasteiger partial charge in [0.15, 0.2) is 0 Å². The fourth-order valence-corrected chi connectivity index (χ4v) is 7.95. The van der Waals surface area contributed by atoms with E-state index < -0.39 is 60.2 Å². The lowest BCUT2D eigenvalue weighted by Crippen LogP contribution is -2.61. The minimum absolute atomic E-state index is 0.185. The van der Waals surface area contributed by atoms with Crippen molar-refractivity contribution < 1.29 is 39.1 Å². The lowest BCUT2D eigenvalue weighted by molar-refractivity contribution is -0.166. The van der Waals surface area contributed by atoms with E-state index in [1.54, 1.807) is 20.1 Å². The van der Waals surface area contributed by atoms with E-state index in [-0.39, 0.29) is 23.7 Å². The van der Waals surface area contributed by atoms with Gasteiger partial charge in [0.05, 0.1) is 24.4 Å². The average Bonchev–Trinajstić information content (AvgIpc) is 3.47. The van der Waals surface area contributed by atoms with E-state index in [0.717, 1.165) is 5.57 Å². The third-order valence-electron chi connectivity index (χ3n) is 9.79. The molecule has 8 nitrogen and oxygen atoms in total. The highest BCUT2D eigenvalue weighted by Crippen LogP contribution is 2.63. The van der Waals surface area contributed by atoms with Crippen molar-refractivity contribution in [2.45, 2.75) is 95.3 Å². The summed E-state index contributed by atoms with van der Waals surface area (Å²) >= 11 is 0. The molecule has 0 aromatic rings. The Hall–Kier alpha value is -1.97. The van der Waals surface area contributed by atoms with Gasteiger partial charge in [-0.25, -0.2) is 4.79 Å². The van der Waals surface area contributed by atoms with Crippen LogP contribution in [0.3, 0.4) is 0 Å². The Labute approximate surface area is 225 Å². The topological polar surface area (TPSA) is 115 Å². The Morgan fingerprint density at radius 3 is 2.63 bits per heavy atom. The zero-order valence-corrected chi connectivity index (χ0v) is 22.9.